The van der Waals surface area contributed by atoms with Crippen molar-refractivity contribution in [2.24, 2.45) is 5.92 Å². The van der Waals surface area contributed by atoms with Crippen LogP contribution in [0.2, 0.25) is 0 Å². The van der Waals surface area contributed by atoms with Crippen molar-refractivity contribution in [1.29, 1.82) is 0 Å². The zero-order valence-corrected chi connectivity index (χ0v) is 11.4. The zero-order chi connectivity index (χ0) is 13.7. The second-order valence-electron chi connectivity index (χ2n) is 4.68. The molecular formula is C14H20N2O3. The molecule has 0 saturated carbocycles. The first-order valence-electron chi connectivity index (χ1n) is 6.59. The van der Waals surface area contributed by atoms with E-state index in [4.69, 9.17) is 9.47 Å². The number of carbonyl (C=O) groups is 1. The van der Waals surface area contributed by atoms with Gasteiger partial charge in [-0.15, -0.1) is 0 Å². The van der Waals surface area contributed by atoms with Crippen LogP contribution in [-0.4, -0.2) is 31.7 Å². The number of pyridine rings is 1. The Bertz CT molecular complexity index is 448. The molecule has 1 N–H and O–H groups in total. The van der Waals surface area contributed by atoms with Crippen molar-refractivity contribution < 1.29 is 14.3 Å². The van der Waals surface area contributed by atoms with Crippen molar-refractivity contribution in [3.63, 3.8) is 0 Å². The van der Waals surface area contributed by atoms with Gasteiger partial charge in [-0.05, 0) is 12.8 Å². The zero-order valence-electron chi connectivity index (χ0n) is 11.4. The van der Waals surface area contributed by atoms with Gasteiger partial charge in [-0.2, -0.15) is 0 Å². The highest BCUT2D eigenvalue weighted by Gasteiger charge is 2.24. The number of carbonyl (C=O) groups excluding carboxylic acids is 1. The number of amides is 1. The SMILES string of the molecule is COc1ccnc(CC2CCCCNC2=O)c1OC. The lowest BCUT2D eigenvalue weighted by molar-refractivity contribution is -0.124. The Morgan fingerprint density at radius 3 is 2.95 bits per heavy atom. The number of rotatable bonds is 4. The molecule has 19 heavy (non-hydrogen) atoms. The van der Waals surface area contributed by atoms with Gasteiger partial charge in [0, 0.05) is 31.1 Å². The van der Waals surface area contributed by atoms with E-state index in [1.165, 1.54) is 0 Å². The number of nitrogens with zero attached hydrogens (tertiary/aromatic N) is 1. The molecule has 0 aromatic carbocycles. The van der Waals surface area contributed by atoms with Crippen LogP contribution in [-0.2, 0) is 11.2 Å². The van der Waals surface area contributed by atoms with Crippen molar-refractivity contribution in [2.45, 2.75) is 25.7 Å². The van der Waals surface area contributed by atoms with Crippen molar-refractivity contribution in [2.75, 3.05) is 20.8 Å². The number of nitrogens with one attached hydrogen (secondary N) is 1. The van der Waals surface area contributed by atoms with Crippen molar-refractivity contribution in [1.82, 2.24) is 10.3 Å². The van der Waals surface area contributed by atoms with Crippen LogP contribution in [0.4, 0.5) is 0 Å². The molecule has 104 valence electrons. The summed E-state index contributed by atoms with van der Waals surface area (Å²) in [7, 11) is 3.19. The maximum Gasteiger partial charge on any atom is 0.223 e. The van der Waals surface area contributed by atoms with Crippen molar-refractivity contribution >= 4 is 5.91 Å². The fraction of sp³-hybridized carbons (Fsp3) is 0.571. The molecular weight excluding hydrogens is 244 g/mol. The molecule has 1 aromatic rings. The number of ether oxygens (including phenoxy) is 2. The third-order valence-corrected chi connectivity index (χ3v) is 3.46. The van der Waals surface area contributed by atoms with Crippen LogP contribution < -0.4 is 14.8 Å². The van der Waals surface area contributed by atoms with E-state index in [1.54, 1.807) is 26.5 Å². The van der Waals surface area contributed by atoms with Gasteiger partial charge >= 0.3 is 0 Å². The van der Waals surface area contributed by atoms with Gasteiger partial charge in [-0.1, -0.05) is 6.42 Å². The number of hydrogen-bond acceptors (Lipinski definition) is 4. The molecule has 1 fully saturated rings. The predicted octanol–water partition coefficient (Wildman–Crippen LogP) is 1.56. The van der Waals surface area contributed by atoms with Crippen LogP contribution in [0.5, 0.6) is 11.5 Å². The number of hydrogen-bond donors (Lipinski definition) is 1. The van der Waals surface area contributed by atoms with E-state index in [0.29, 0.717) is 17.9 Å². The first kappa shape index (κ1) is 13.6. The van der Waals surface area contributed by atoms with Gasteiger partial charge in [0.2, 0.25) is 5.91 Å². The molecule has 1 saturated heterocycles. The summed E-state index contributed by atoms with van der Waals surface area (Å²) in [5, 5.41) is 2.94. The topological polar surface area (TPSA) is 60.5 Å². The summed E-state index contributed by atoms with van der Waals surface area (Å²) in [5.41, 5.74) is 0.781. The highest BCUT2D eigenvalue weighted by molar-refractivity contribution is 5.79. The fourth-order valence-electron chi connectivity index (χ4n) is 2.43. The van der Waals surface area contributed by atoms with Crippen LogP contribution in [0.15, 0.2) is 12.3 Å². The highest BCUT2D eigenvalue weighted by Crippen LogP contribution is 2.31. The average Bonchev–Trinajstić information content (AvgIpc) is 2.64. The largest absolute Gasteiger partial charge is 0.493 e. The Hall–Kier alpha value is -1.78. The standard InChI is InChI=1S/C14H20N2O3/c1-18-12-6-8-15-11(13(12)19-2)9-10-5-3-4-7-16-14(10)17/h6,8,10H,3-5,7,9H2,1-2H3,(H,16,17). The molecule has 2 rings (SSSR count). The summed E-state index contributed by atoms with van der Waals surface area (Å²) in [6.45, 7) is 0.776. The molecule has 1 amide bonds. The minimum Gasteiger partial charge on any atom is -0.493 e. The minimum atomic E-state index is -0.0315. The Kier molecular flexibility index (Phi) is 4.60. The van der Waals surface area contributed by atoms with E-state index >= 15 is 0 Å². The summed E-state index contributed by atoms with van der Waals surface area (Å²) < 4.78 is 10.6. The molecule has 5 nitrogen and oxygen atoms in total. The van der Waals surface area contributed by atoms with E-state index in [-0.39, 0.29) is 11.8 Å². The predicted molar refractivity (Wildman–Crippen MR) is 71.4 cm³/mol. The van der Waals surface area contributed by atoms with Gasteiger partial charge in [0.25, 0.3) is 0 Å². The molecule has 0 aliphatic carbocycles. The van der Waals surface area contributed by atoms with Gasteiger partial charge in [0.1, 0.15) is 0 Å². The quantitative estimate of drug-likeness (QED) is 0.896. The fourth-order valence-corrected chi connectivity index (χ4v) is 2.43. The maximum atomic E-state index is 12.0. The average molecular weight is 264 g/mol. The molecule has 0 bridgehead atoms. The molecule has 2 heterocycles. The van der Waals surface area contributed by atoms with Crippen LogP contribution in [0.3, 0.4) is 0 Å². The number of aromatic nitrogens is 1. The van der Waals surface area contributed by atoms with Gasteiger partial charge in [0.05, 0.1) is 19.9 Å². The minimum absolute atomic E-state index is 0.0315. The van der Waals surface area contributed by atoms with Gasteiger partial charge in [0.15, 0.2) is 11.5 Å². The smallest absolute Gasteiger partial charge is 0.223 e. The summed E-state index contributed by atoms with van der Waals surface area (Å²) in [4.78, 5) is 16.3. The van der Waals surface area contributed by atoms with Crippen LogP contribution >= 0.6 is 0 Å². The first-order chi connectivity index (χ1) is 9.26. The van der Waals surface area contributed by atoms with Gasteiger partial charge in [-0.3, -0.25) is 9.78 Å². The lowest BCUT2D eigenvalue weighted by atomic mass is 9.96. The molecule has 1 atom stereocenters. The first-order valence-corrected chi connectivity index (χ1v) is 6.59. The van der Waals surface area contributed by atoms with Crippen molar-refractivity contribution in [3.05, 3.63) is 18.0 Å². The van der Waals surface area contributed by atoms with E-state index in [0.717, 1.165) is 31.5 Å². The highest BCUT2D eigenvalue weighted by atomic mass is 16.5. The second kappa shape index (κ2) is 6.41. The lowest BCUT2D eigenvalue weighted by Crippen LogP contribution is -2.30. The van der Waals surface area contributed by atoms with Crippen LogP contribution in [0, 0.1) is 5.92 Å². The summed E-state index contributed by atoms with van der Waals surface area (Å²) >= 11 is 0. The van der Waals surface area contributed by atoms with Crippen molar-refractivity contribution in [3.8, 4) is 11.5 Å². The Labute approximate surface area is 113 Å². The summed E-state index contributed by atoms with van der Waals surface area (Å²) in [6.07, 6.45) is 5.28. The van der Waals surface area contributed by atoms with E-state index < -0.39 is 0 Å². The monoisotopic (exact) mass is 264 g/mol. The van der Waals surface area contributed by atoms with E-state index in [2.05, 4.69) is 10.3 Å². The molecule has 1 aliphatic heterocycles. The van der Waals surface area contributed by atoms with Crippen LogP contribution in [0.25, 0.3) is 0 Å². The lowest BCUT2D eigenvalue weighted by Gasteiger charge is -2.16. The molecule has 0 spiro atoms. The maximum absolute atomic E-state index is 12.0. The summed E-state index contributed by atoms with van der Waals surface area (Å²) in [5.74, 6) is 1.36. The van der Waals surface area contributed by atoms with Gasteiger partial charge < -0.3 is 14.8 Å². The molecule has 1 aliphatic rings. The Morgan fingerprint density at radius 2 is 2.21 bits per heavy atom. The molecule has 1 unspecified atom stereocenters. The van der Waals surface area contributed by atoms with Crippen LogP contribution in [0.1, 0.15) is 25.0 Å². The van der Waals surface area contributed by atoms with E-state index in [1.807, 2.05) is 0 Å². The molecule has 1 aromatic heterocycles. The normalized spacial score (nSPS) is 19.5. The molecule has 0 radical (unpaired) electrons. The third kappa shape index (κ3) is 3.16. The Balaban J connectivity index is 2.19. The van der Waals surface area contributed by atoms with E-state index in [9.17, 15) is 4.79 Å². The summed E-state index contributed by atoms with van der Waals surface area (Å²) in [6, 6.07) is 1.76. The molecule has 5 heteroatoms. The number of methoxy groups -OCH3 is 2. The Morgan fingerprint density at radius 1 is 1.37 bits per heavy atom. The van der Waals surface area contributed by atoms with Gasteiger partial charge in [-0.25, -0.2) is 0 Å². The third-order valence-electron chi connectivity index (χ3n) is 3.46. The second-order valence-corrected chi connectivity index (χ2v) is 4.68.